The number of nitrogens with zero attached hydrogens (tertiary/aromatic N) is 2. The van der Waals surface area contributed by atoms with E-state index in [2.05, 4.69) is 4.98 Å². The molecule has 1 aliphatic rings. The minimum absolute atomic E-state index is 0.330. The molecular weight excluding hydrogens is 332 g/mol. The van der Waals surface area contributed by atoms with Crippen molar-refractivity contribution in [1.82, 2.24) is 9.55 Å². The lowest BCUT2D eigenvalue weighted by atomic mass is 9.78. The molecule has 1 aromatic carbocycles. The van der Waals surface area contributed by atoms with Crippen molar-refractivity contribution in [3.05, 3.63) is 42.0 Å². The average molecular weight is 352 g/mol. The number of alkyl halides is 3. The Balaban J connectivity index is 2.10. The second-order valence-corrected chi connectivity index (χ2v) is 7.24. The van der Waals surface area contributed by atoms with Gasteiger partial charge in [-0.05, 0) is 52.2 Å². The van der Waals surface area contributed by atoms with Crippen LogP contribution in [0.3, 0.4) is 0 Å². The number of hydrogen-bond donors (Lipinski definition) is 0. The predicted octanol–water partition coefficient (Wildman–Crippen LogP) is 3.50. The highest BCUT2D eigenvalue weighted by Crippen LogP contribution is 2.37. The Bertz CT molecular complexity index is 783. The topological polar surface area (TPSA) is 36.3 Å². The minimum Gasteiger partial charge on any atom is -0.399 e. The van der Waals surface area contributed by atoms with Gasteiger partial charge in [-0.2, -0.15) is 13.2 Å². The number of rotatable bonds is 2. The summed E-state index contributed by atoms with van der Waals surface area (Å²) in [5.74, 6) is 0.596. The Morgan fingerprint density at radius 2 is 1.64 bits per heavy atom. The molecule has 0 radical (unpaired) electrons. The maximum absolute atomic E-state index is 13.4. The standard InChI is InChI=1S/C17H20BF3N2O2/c1-11-22-6-7-23(11)14-9-12(17(19,20)21)8-13(10-14)18-24-15(2,3)16(4,5)25-18/h6-10H,1-5H3. The third kappa shape index (κ3) is 3.20. The van der Waals surface area contributed by atoms with Crippen molar-refractivity contribution >= 4 is 12.6 Å². The molecule has 0 aliphatic carbocycles. The van der Waals surface area contributed by atoms with E-state index in [1.807, 2.05) is 27.7 Å². The third-order valence-electron chi connectivity index (χ3n) is 4.90. The lowest BCUT2D eigenvalue weighted by molar-refractivity contribution is -0.137. The predicted molar refractivity (Wildman–Crippen MR) is 89.0 cm³/mol. The van der Waals surface area contributed by atoms with Crippen molar-refractivity contribution in [2.24, 2.45) is 0 Å². The van der Waals surface area contributed by atoms with Gasteiger partial charge in [0.25, 0.3) is 0 Å². The summed E-state index contributed by atoms with van der Waals surface area (Å²) in [7, 11) is -0.866. The molecule has 1 saturated heterocycles. The second-order valence-electron chi connectivity index (χ2n) is 7.24. The van der Waals surface area contributed by atoms with Gasteiger partial charge in [0.15, 0.2) is 0 Å². The molecule has 1 aliphatic heterocycles. The fourth-order valence-electron chi connectivity index (χ4n) is 2.70. The van der Waals surface area contributed by atoms with Crippen LogP contribution in [0, 0.1) is 6.92 Å². The normalized spacial score (nSPS) is 19.4. The molecule has 0 amide bonds. The number of halogens is 3. The van der Waals surface area contributed by atoms with E-state index in [1.54, 1.807) is 30.0 Å². The first-order valence-corrected chi connectivity index (χ1v) is 7.99. The Kier molecular flexibility index (Phi) is 4.04. The third-order valence-corrected chi connectivity index (χ3v) is 4.90. The van der Waals surface area contributed by atoms with E-state index in [4.69, 9.17) is 9.31 Å². The molecule has 0 N–H and O–H groups in total. The van der Waals surface area contributed by atoms with Gasteiger partial charge in [-0.3, -0.25) is 0 Å². The van der Waals surface area contributed by atoms with Crippen LogP contribution in [0.5, 0.6) is 0 Å². The zero-order chi connectivity index (χ0) is 18.6. The van der Waals surface area contributed by atoms with E-state index in [-0.39, 0.29) is 0 Å². The van der Waals surface area contributed by atoms with E-state index < -0.39 is 30.1 Å². The summed E-state index contributed by atoms with van der Waals surface area (Å²) in [6.07, 6.45) is -1.30. The largest absolute Gasteiger partial charge is 0.494 e. The molecule has 0 saturated carbocycles. The fourth-order valence-corrected chi connectivity index (χ4v) is 2.70. The quantitative estimate of drug-likeness (QED) is 0.777. The Hall–Kier alpha value is -1.80. The Morgan fingerprint density at radius 1 is 1.04 bits per heavy atom. The lowest BCUT2D eigenvalue weighted by Crippen LogP contribution is -2.41. The monoisotopic (exact) mass is 352 g/mol. The van der Waals surface area contributed by atoms with E-state index in [0.717, 1.165) is 12.1 Å². The van der Waals surface area contributed by atoms with Crippen molar-refractivity contribution in [3.8, 4) is 5.69 Å². The molecule has 8 heteroatoms. The van der Waals surface area contributed by atoms with E-state index >= 15 is 0 Å². The first-order valence-electron chi connectivity index (χ1n) is 7.99. The number of aryl methyl sites for hydroxylation is 1. The zero-order valence-corrected chi connectivity index (χ0v) is 14.8. The summed E-state index contributed by atoms with van der Waals surface area (Å²) >= 11 is 0. The van der Waals surface area contributed by atoms with Gasteiger partial charge >= 0.3 is 13.3 Å². The summed E-state index contributed by atoms with van der Waals surface area (Å²) in [4.78, 5) is 4.08. The first kappa shape index (κ1) is 18.0. The molecule has 0 bridgehead atoms. The molecule has 0 atom stereocenters. The van der Waals surface area contributed by atoms with Gasteiger partial charge in [0, 0.05) is 18.1 Å². The van der Waals surface area contributed by atoms with Crippen LogP contribution in [0.15, 0.2) is 30.6 Å². The van der Waals surface area contributed by atoms with Gasteiger partial charge in [-0.15, -0.1) is 0 Å². The van der Waals surface area contributed by atoms with Crippen LogP contribution in [-0.2, 0) is 15.5 Å². The molecule has 3 rings (SSSR count). The van der Waals surface area contributed by atoms with Crippen LogP contribution in [0.1, 0.15) is 39.1 Å². The maximum Gasteiger partial charge on any atom is 0.494 e. The van der Waals surface area contributed by atoms with Crippen molar-refractivity contribution in [3.63, 3.8) is 0 Å². The van der Waals surface area contributed by atoms with Crippen molar-refractivity contribution in [2.45, 2.75) is 52.0 Å². The van der Waals surface area contributed by atoms with Crippen LogP contribution in [0.4, 0.5) is 13.2 Å². The van der Waals surface area contributed by atoms with Gasteiger partial charge in [-0.1, -0.05) is 6.07 Å². The summed E-state index contributed by atoms with van der Waals surface area (Å²) < 4.78 is 53.5. The molecule has 4 nitrogen and oxygen atoms in total. The molecule has 1 fully saturated rings. The summed E-state index contributed by atoms with van der Waals surface area (Å²) in [5, 5.41) is 0. The van der Waals surface area contributed by atoms with Crippen molar-refractivity contribution < 1.29 is 22.5 Å². The first-order chi connectivity index (χ1) is 11.4. The van der Waals surface area contributed by atoms with Gasteiger partial charge in [-0.25, -0.2) is 4.98 Å². The highest BCUT2D eigenvalue weighted by atomic mass is 19.4. The van der Waals surface area contributed by atoms with Crippen LogP contribution in [0.25, 0.3) is 5.69 Å². The van der Waals surface area contributed by atoms with Crippen molar-refractivity contribution in [2.75, 3.05) is 0 Å². The highest BCUT2D eigenvalue weighted by molar-refractivity contribution is 6.62. The Labute approximate surface area is 145 Å². The minimum atomic E-state index is -4.47. The Morgan fingerprint density at radius 3 is 2.12 bits per heavy atom. The fraction of sp³-hybridized carbons (Fsp3) is 0.471. The van der Waals surface area contributed by atoms with Gasteiger partial charge in [0.05, 0.1) is 16.8 Å². The lowest BCUT2D eigenvalue weighted by Gasteiger charge is -2.32. The number of hydrogen-bond acceptors (Lipinski definition) is 3. The molecule has 1 aromatic heterocycles. The molecule has 2 aromatic rings. The summed E-state index contributed by atoms with van der Waals surface area (Å²) in [6.45, 7) is 9.18. The van der Waals surface area contributed by atoms with Gasteiger partial charge in [0.1, 0.15) is 5.82 Å². The number of aromatic nitrogens is 2. The molecular formula is C17H20BF3N2O2. The SMILES string of the molecule is Cc1nccn1-c1cc(B2OC(C)(C)C(C)(C)O2)cc(C(F)(F)F)c1. The molecule has 134 valence electrons. The van der Waals surface area contributed by atoms with Crippen LogP contribution in [0.2, 0.25) is 0 Å². The van der Waals surface area contributed by atoms with E-state index in [1.165, 1.54) is 0 Å². The summed E-state index contributed by atoms with van der Waals surface area (Å²) in [5.41, 5.74) is -1.30. The highest BCUT2D eigenvalue weighted by Gasteiger charge is 2.52. The zero-order valence-electron chi connectivity index (χ0n) is 14.8. The number of benzene rings is 1. The van der Waals surface area contributed by atoms with Crippen LogP contribution < -0.4 is 5.46 Å². The number of imidazole rings is 1. The van der Waals surface area contributed by atoms with Crippen LogP contribution in [-0.4, -0.2) is 27.9 Å². The van der Waals surface area contributed by atoms with E-state index in [0.29, 0.717) is 17.0 Å². The van der Waals surface area contributed by atoms with Crippen LogP contribution >= 0.6 is 0 Å². The average Bonchev–Trinajstić information content (AvgIpc) is 2.99. The van der Waals surface area contributed by atoms with E-state index in [9.17, 15) is 13.2 Å². The maximum atomic E-state index is 13.4. The smallest absolute Gasteiger partial charge is 0.399 e. The molecule has 2 heterocycles. The molecule has 0 spiro atoms. The second kappa shape index (κ2) is 5.61. The van der Waals surface area contributed by atoms with Gasteiger partial charge in [0.2, 0.25) is 0 Å². The van der Waals surface area contributed by atoms with Crippen molar-refractivity contribution in [1.29, 1.82) is 0 Å². The van der Waals surface area contributed by atoms with Gasteiger partial charge < -0.3 is 13.9 Å². The summed E-state index contributed by atoms with van der Waals surface area (Å²) in [6, 6.07) is 3.83. The molecule has 25 heavy (non-hydrogen) atoms. The molecule has 0 unspecified atom stereocenters.